The molecular weight excluding hydrogens is 368 g/mol. The van der Waals surface area contributed by atoms with Crippen molar-refractivity contribution in [1.29, 1.82) is 0 Å². The molecule has 1 aliphatic heterocycles. The topological polar surface area (TPSA) is 58.6 Å². The van der Waals surface area contributed by atoms with Gasteiger partial charge in [-0.3, -0.25) is 4.79 Å². The zero-order chi connectivity index (χ0) is 16.3. The maximum absolute atomic E-state index is 12.0. The second-order valence-corrected chi connectivity index (χ2v) is 8.86. The van der Waals surface area contributed by atoms with E-state index in [0.717, 1.165) is 10.2 Å². The van der Waals surface area contributed by atoms with Crippen LogP contribution in [-0.2, 0) is 4.74 Å². The highest BCUT2D eigenvalue weighted by Crippen LogP contribution is 2.22. The number of nitrogens with one attached hydrogen (secondary N) is 1. The summed E-state index contributed by atoms with van der Waals surface area (Å²) in [4.78, 5) is 26.4. The lowest BCUT2D eigenvalue weighted by atomic mass is 10.1. The molecule has 1 N–H and O–H groups in total. The lowest BCUT2D eigenvalue weighted by Crippen LogP contribution is -2.36. The van der Waals surface area contributed by atoms with Crippen LogP contribution in [0.4, 0.5) is 4.79 Å². The van der Waals surface area contributed by atoms with Crippen molar-refractivity contribution in [2.45, 2.75) is 32.8 Å². The molecule has 0 saturated carbocycles. The van der Waals surface area contributed by atoms with Crippen molar-refractivity contribution in [3.63, 3.8) is 0 Å². The summed E-state index contributed by atoms with van der Waals surface area (Å²) in [5, 5.41) is 2.93. The number of amides is 2. The van der Waals surface area contributed by atoms with E-state index in [1.54, 1.807) is 11.0 Å². The molecule has 0 aliphatic carbocycles. The molecule has 0 aromatic carbocycles. The number of hydrogen-bond donors (Lipinski definition) is 1. The van der Waals surface area contributed by atoms with Gasteiger partial charge in [0.05, 0.1) is 8.66 Å². The normalized spacial score (nSPS) is 18.4. The second kappa shape index (κ2) is 7.00. The van der Waals surface area contributed by atoms with E-state index in [1.165, 1.54) is 11.3 Å². The molecule has 7 heteroatoms. The first-order chi connectivity index (χ1) is 10.2. The van der Waals surface area contributed by atoms with Crippen molar-refractivity contribution in [3.05, 3.63) is 20.8 Å². The summed E-state index contributed by atoms with van der Waals surface area (Å²) < 4.78 is 6.30. The molecule has 2 rings (SSSR count). The monoisotopic (exact) mass is 388 g/mol. The van der Waals surface area contributed by atoms with Crippen molar-refractivity contribution in [2.75, 3.05) is 19.6 Å². The molecule has 1 aliphatic rings. The fourth-order valence-corrected chi connectivity index (χ4v) is 3.55. The van der Waals surface area contributed by atoms with Crippen LogP contribution in [0, 0.1) is 5.92 Å². The Morgan fingerprint density at radius 3 is 2.77 bits per heavy atom. The number of carbonyl (C=O) groups is 2. The maximum Gasteiger partial charge on any atom is 0.410 e. The van der Waals surface area contributed by atoms with Crippen molar-refractivity contribution >= 4 is 39.3 Å². The van der Waals surface area contributed by atoms with E-state index in [1.807, 2.05) is 26.8 Å². The van der Waals surface area contributed by atoms with Gasteiger partial charge in [0, 0.05) is 19.6 Å². The van der Waals surface area contributed by atoms with Gasteiger partial charge in [-0.15, -0.1) is 11.3 Å². The van der Waals surface area contributed by atoms with Gasteiger partial charge >= 0.3 is 6.09 Å². The molecule has 0 bridgehead atoms. The van der Waals surface area contributed by atoms with Gasteiger partial charge in [-0.05, 0) is 61.2 Å². The highest BCUT2D eigenvalue weighted by atomic mass is 79.9. The fraction of sp³-hybridized carbons (Fsp3) is 0.600. The molecule has 122 valence electrons. The van der Waals surface area contributed by atoms with Gasteiger partial charge in [-0.25, -0.2) is 4.79 Å². The Morgan fingerprint density at radius 2 is 2.18 bits per heavy atom. The van der Waals surface area contributed by atoms with Gasteiger partial charge in [-0.2, -0.15) is 0 Å². The third-order valence-electron chi connectivity index (χ3n) is 3.29. The van der Waals surface area contributed by atoms with E-state index in [-0.39, 0.29) is 17.9 Å². The number of thiophene rings is 1. The summed E-state index contributed by atoms with van der Waals surface area (Å²) in [5.74, 6) is 0.214. The summed E-state index contributed by atoms with van der Waals surface area (Å²) in [6.07, 6.45) is 0.608. The van der Waals surface area contributed by atoms with Crippen LogP contribution in [0.15, 0.2) is 15.9 Å². The molecule has 0 unspecified atom stereocenters. The van der Waals surface area contributed by atoms with Crippen LogP contribution in [0.3, 0.4) is 0 Å². The molecule has 1 atom stereocenters. The van der Waals surface area contributed by atoms with E-state index in [9.17, 15) is 9.59 Å². The average Bonchev–Trinajstić information content (AvgIpc) is 3.02. The molecule has 5 nitrogen and oxygen atoms in total. The van der Waals surface area contributed by atoms with Gasteiger partial charge in [0.2, 0.25) is 0 Å². The summed E-state index contributed by atoms with van der Waals surface area (Å²) in [7, 11) is 0. The molecule has 1 fully saturated rings. The Bertz CT molecular complexity index is 553. The van der Waals surface area contributed by atoms with Gasteiger partial charge in [0.25, 0.3) is 5.91 Å². The smallest absolute Gasteiger partial charge is 0.410 e. The minimum atomic E-state index is -0.476. The standard InChI is InChI=1S/C15H21BrN2O3S/c1-15(2,3)21-14(20)18-7-6-10(9-18)8-17-13(19)11-4-5-12(16)22-11/h4-5,10H,6-9H2,1-3H3,(H,17,19)/t10-/m0/s1. The lowest BCUT2D eigenvalue weighted by molar-refractivity contribution is 0.0288. The Balaban J connectivity index is 1.77. The highest BCUT2D eigenvalue weighted by molar-refractivity contribution is 9.11. The summed E-state index contributed by atoms with van der Waals surface area (Å²) in [5.41, 5.74) is -0.476. The predicted octanol–water partition coefficient (Wildman–Crippen LogP) is 3.50. The zero-order valence-corrected chi connectivity index (χ0v) is 15.4. The average molecular weight is 389 g/mol. The highest BCUT2D eigenvalue weighted by Gasteiger charge is 2.29. The third-order valence-corrected chi connectivity index (χ3v) is 4.91. The number of halogens is 1. The number of rotatable bonds is 3. The van der Waals surface area contributed by atoms with Crippen molar-refractivity contribution in [3.8, 4) is 0 Å². The van der Waals surface area contributed by atoms with Crippen molar-refractivity contribution in [2.24, 2.45) is 5.92 Å². The quantitative estimate of drug-likeness (QED) is 0.861. The van der Waals surface area contributed by atoms with Crippen LogP contribution in [0.5, 0.6) is 0 Å². The van der Waals surface area contributed by atoms with Gasteiger partial charge in [0.1, 0.15) is 5.60 Å². The summed E-state index contributed by atoms with van der Waals surface area (Å²) >= 11 is 4.76. The van der Waals surface area contributed by atoms with E-state index < -0.39 is 5.60 Å². The Morgan fingerprint density at radius 1 is 1.45 bits per heavy atom. The van der Waals surface area contributed by atoms with E-state index in [4.69, 9.17) is 4.74 Å². The molecule has 2 amide bonds. The molecule has 0 radical (unpaired) electrons. The van der Waals surface area contributed by atoms with E-state index in [2.05, 4.69) is 21.2 Å². The molecule has 0 spiro atoms. The minimum absolute atomic E-state index is 0.0635. The van der Waals surface area contributed by atoms with Crippen molar-refractivity contribution < 1.29 is 14.3 Å². The number of ether oxygens (including phenoxy) is 1. The number of nitrogens with zero attached hydrogens (tertiary/aromatic N) is 1. The number of carbonyl (C=O) groups excluding carboxylic acids is 2. The zero-order valence-electron chi connectivity index (χ0n) is 13.0. The summed E-state index contributed by atoms with van der Waals surface area (Å²) in [6, 6.07) is 3.66. The van der Waals surface area contributed by atoms with E-state index in [0.29, 0.717) is 24.5 Å². The molecule has 1 aromatic heterocycles. The summed E-state index contributed by atoms with van der Waals surface area (Å²) in [6.45, 7) is 7.46. The lowest BCUT2D eigenvalue weighted by Gasteiger charge is -2.24. The number of likely N-dealkylation sites (tertiary alicyclic amines) is 1. The van der Waals surface area contributed by atoms with E-state index >= 15 is 0 Å². The third kappa shape index (κ3) is 4.98. The molecule has 1 saturated heterocycles. The largest absolute Gasteiger partial charge is 0.444 e. The Labute approximate surface area is 143 Å². The van der Waals surface area contributed by atoms with Crippen LogP contribution in [0.25, 0.3) is 0 Å². The van der Waals surface area contributed by atoms with Gasteiger partial charge < -0.3 is 15.0 Å². The van der Waals surface area contributed by atoms with Crippen LogP contribution >= 0.6 is 27.3 Å². The van der Waals surface area contributed by atoms with Gasteiger partial charge in [0.15, 0.2) is 0 Å². The van der Waals surface area contributed by atoms with Crippen LogP contribution in [0.1, 0.15) is 36.9 Å². The van der Waals surface area contributed by atoms with Crippen LogP contribution < -0.4 is 5.32 Å². The second-order valence-electron chi connectivity index (χ2n) is 6.39. The Kier molecular flexibility index (Phi) is 5.50. The first kappa shape index (κ1) is 17.3. The molecular formula is C15H21BrN2O3S. The first-order valence-corrected chi connectivity index (χ1v) is 8.87. The van der Waals surface area contributed by atoms with Crippen molar-refractivity contribution in [1.82, 2.24) is 10.2 Å². The molecule has 2 heterocycles. The predicted molar refractivity (Wildman–Crippen MR) is 90.3 cm³/mol. The molecule has 1 aromatic rings. The number of hydrogen-bond acceptors (Lipinski definition) is 4. The maximum atomic E-state index is 12.0. The van der Waals surface area contributed by atoms with Gasteiger partial charge in [-0.1, -0.05) is 0 Å². The fourth-order valence-electron chi connectivity index (χ4n) is 2.25. The van der Waals surface area contributed by atoms with Crippen LogP contribution in [0.2, 0.25) is 0 Å². The minimum Gasteiger partial charge on any atom is -0.444 e. The van der Waals surface area contributed by atoms with Crippen LogP contribution in [-0.4, -0.2) is 42.1 Å². The first-order valence-electron chi connectivity index (χ1n) is 7.26. The molecule has 22 heavy (non-hydrogen) atoms. The Hall–Kier alpha value is -1.08. The SMILES string of the molecule is CC(C)(C)OC(=O)N1CC[C@@H](CNC(=O)c2ccc(Br)s2)C1.